The Morgan fingerprint density at radius 3 is 1.61 bits per heavy atom. The molecule has 2 saturated carbocycles. The first-order valence-corrected chi connectivity index (χ1v) is 9.26. The summed E-state index contributed by atoms with van der Waals surface area (Å²) in [6.45, 7) is 17.6. The lowest BCUT2D eigenvalue weighted by molar-refractivity contribution is -0.128. The third-order valence-electron chi connectivity index (χ3n) is 8.84. The van der Waals surface area contributed by atoms with E-state index in [9.17, 15) is 9.90 Å². The van der Waals surface area contributed by atoms with Gasteiger partial charge in [-0.3, -0.25) is 4.79 Å². The Balaban J connectivity index is 2.34. The van der Waals surface area contributed by atoms with Gasteiger partial charge in [-0.05, 0) is 48.3 Å². The van der Waals surface area contributed by atoms with E-state index in [1.165, 1.54) is 0 Å². The third kappa shape index (κ3) is 2.39. The highest BCUT2D eigenvalue weighted by Gasteiger charge is 2.55. The van der Waals surface area contributed by atoms with Gasteiger partial charge in [-0.2, -0.15) is 0 Å². The molecular weight excluding hydrogens is 284 g/mol. The van der Waals surface area contributed by atoms with Gasteiger partial charge in [0.1, 0.15) is 5.76 Å². The van der Waals surface area contributed by atoms with Gasteiger partial charge in [0.15, 0.2) is 5.78 Å². The number of hydrogen-bond acceptors (Lipinski definition) is 2. The van der Waals surface area contributed by atoms with Crippen LogP contribution >= 0.6 is 0 Å². The normalized spacial score (nSPS) is 42.9. The summed E-state index contributed by atoms with van der Waals surface area (Å²) in [5.41, 5.74) is -0.689. The van der Waals surface area contributed by atoms with E-state index in [0.29, 0.717) is 17.6 Å². The van der Waals surface area contributed by atoms with E-state index in [1.54, 1.807) is 6.08 Å². The number of aliphatic hydroxyl groups excluding tert-OH is 1. The molecule has 132 valence electrons. The van der Waals surface area contributed by atoms with Crippen LogP contribution in [0.2, 0.25) is 0 Å². The van der Waals surface area contributed by atoms with E-state index in [0.717, 1.165) is 25.7 Å². The first-order chi connectivity index (χ1) is 10.3. The number of carbonyl (C=O) groups excluding carboxylic acids is 1. The predicted octanol–water partition coefficient (Wildman–Crippen LogP) is 5.92. The van der Waals surface area contributed by atoms with Crippen LogP contribution in [0.4, 0.5) is 0 Å². The van der Waals surface area contributed by atoms with E-state index >= 15 is 0 Å². The van der Waals surface area contributed by atoms with Gasteiger partial charge in [-0.25, -0.2) is 0 Å². The number of hydrogen-bond donors (Lipinski definition) is 1. The molecule has 4 unspecified atom stereocenters. The summed E-state index contributed by atoms with van der Waals surface area (Å²) >= 11 is 0. The van der Waals surface area contributed by atoms with Crippen molar-refractivity contribution in [1.82, 2.24) is 0 Å². The second-order valence-electron chi connectivity index (χ2n) is 9.88. The van der Waals surface area contributed by atoms with Crippen molar-refractivity contribution in [3.63, 3.8) is 0 Å². The van der Waals surface area contributed by atoms with Gasteiger partial charge in [-0.15, -0.1) is 0 Å². The van der Waals surface area contributed by atoms with Crippen molar-refractivity contribution < 1.29 is 9.90 Å². The minimum atomic E-state index is -0.370. The van der Waals surface area contributed by atoms with Gasteiger partial charge in [0, 0.05) is 16.9 Å². The lowest BCUT2D eigenvalue weighted by Crippen LogP contribution is -2.40. The molecular formula is C21H36O2. The third-order valence-corrected chi connectivity index (χ3v) is 8.84. The Morgan fingerprint density at radius 1 is 0.870 bits per heavy atom. The standard InChI is InChI=1S/C21H36O2/c1-14-9-11-20(7,18(14,3)4)16(22)13-17(23)21(8)12-10-15(2)19(21,5)6/h13-15,22H,9-12H2,1-8H3/b16-13-. The lowest BCUT2D eigenvalue weighted by Gasteiger charge is -2.42. The van der Waals surface area contributed by atoms with Crippen LogP contribution in [0.5, 0.6) is 0 Å². The van der Waals surface area contributed by atoms with Gasteiger partial charge in [0.05, 0.1) is 0 Å². The van der Waals surface area contributed by atoms with Crippen molar-refractivity contribution in [1.29, 1.82) is 0 Å². The van der Waals surface area contributed by atoms with Crippen molar-refractivity contribution in [2.24, 2.45) is 33.5 Å². The minimum absolute atomic E-state index is 0.00720. The molecule has 0 bridgehead atoms. The van der Waals surface area contributed by atoms with E-state index in [1.807, 2.05) is 0 Å². The fourth-order valence-electron chi connectivity index (χ4n) is 4.81. The van der Waals surface area contributed by atoms with Gasteiger partial charge in [-0.1, -0.05) is 55.4 Å². The average Bonchev–Trinajstić information content (AvgIpc) is 2.79. The Labute approximate surface area is 142 Å². The molecule has 2 fully saturated rings. The predicted molar refractivity (Wildman–Crippen MR) is 96.3 cm³/mol. The number of rotatable bonds is 3. The Bertz CT molecular complexity index is 528. The first-order valence-electron chi connectivity index (χ1n) is 9.26. The Hall–Kier alpha value is -0.790. The zero-order valence-electron chi connectivity index (χ0n) is 16.4. The van der Waals surface area contributed by atoms with Crippen molar-refractivity contribution in [2.75, 3.05) is 0 Å². The highest BCUT2D eigenvalue weighted by Crippen LogP contribution is 2.60. The zero-order valence-corrected chi connectivity index (χ0v) is 16.4. The van der Waals surface area contributed by atoms with Crippen molar-refractivity contribution in [3.05, 3.63) is 11.8 Å². The smallest absolute Gasteiger partial charge is 0.165 e. The molecule has 0 aromatic rings. The highest BCUT2D eigenvalue weighted by atomic mass is 16.3. The molecule has 0 radical (unpaired) electrons. The molecule has 0 amide bonds. The monoisotopic (exact) mass is 320 g/mol. The van der Waals surface area contributed by atoms with E-state index in [-0.39, 0.29) is 27.4 Å². The average molecular weight is 321 g/mol. The molecule has 0 saturated heterocycles. The minimum Gasteiger partial charge on any atom is -0.512 e. The van der Waals surface area contributed by atoms with Gasteiger partial charge in [0.2, 0.25) is 0 Å². The SMILES string of the molecule is CC1CCC(C)(C(=O)/C=C(\O)C2(C)CCC(C)C2(C)C)C1(C)C. The van der Waals surface area contributed by atoms with Gasteiger partial charge in [0.25, 0.3) is 0 Å². The number of carbonyl (C=O) groups is 1. The quantitative estimate of drug-likeness (QED) is 0.517. The first kappa shape index (κ1) is 18.5. The molecule has 0 aromatic heterocycles. The number of aliphatic hydroxyl groups is 1. The Kier molecular flexibility index (Phi) is 4.32. The molecule has 23 heavy (non-hydrogen) atoms. The summed E-state index contributed by atoms with van der Waals surface area (Å²) in [5, 5.41) is 10.9. The maximum Gasteiger partial charge on any atom is 0.165 e. The fraction of sp³-hybridized carbons (Fsp3) is 0.857. The summed E-state index contributed by atoms with van der Waals surface area (Å²) in [5.74, 6) is 1.50. The molecule has 0 spiro atoms. The topological polar surface area (TPSA) is 37.3 Å². The summed E-state index contributed by atoms with van der Waals surface area (Å²) < 4.78 is 0. The van der Waals surface area contributed by atoms with Crippen molar-refractivity contribution in [2.45, 2.75) is 81.1 Å². The van der Waals surface area contributed by atoms with Crippen molar-refractivity contribution >= 4 is 5.78 Å². The summed E-state index contributed by atoms with van der Waals surface area (Å²) in [7, 11) is 0. The molecule has 2 aliphatic carbocycles. The van der Waals surface area contributed by atoms with Crippen LogP contribution in [0.1, 0.15) is 81.1 Å². The Morgan fingerprint density at radius 2 is 1.26 bits per heavy atom. The van der Waals surface area contributed by atoms with E-state index in [4.69, 9.17) is 0 Å². The van der Waals surface area contributed by atoms with Crippen LogP contribution in [0, 0.1) is 33.5 Å². The van der Waals surface area contributed by atoms with Gasteiger partial charge < -0.3 is 5.11 Å². The molecule has 2 aliphatic rings. The lowest BCUT2D eigenvalue weighted by atomic mass is 9.62. The highest BCUT2D eigenvalue weighted by molar-refractivity contribution is 5.96. The second-order valence-corrected chi connectivity index (χ2v) is 9.88. The van der Waals surface area contributed by atoms with Crippen LogP contribution in [0.15, 0.2) is 11.8 Å². The van der Waals surface area contributed by atoms with E-state index < -0.39 is 0 Å². The molecule has 0 heterocycles. The molecule has 0 aromatic carbocycles. The maximum absolute atomic E-state index is 13.1. The van der Waals surface area contributed by atoms with Crippen LogP contribution in [-0.4, -0.2) is 10.9 Å². The molecule has 0 aliphatic heterocycles. The number of ketones is 1. The van der Waals surface area contributed by atoms with Crippen LogP contribution in [-0.2, 0) is 4.79 Å². The fourth-order valence-corrected chi connectivity index (χ4v) is 4.81. The van der Waals surface area contributed by atoms with Gasteiger partial charge >= 0.3 is 0 Å². The number of allylic oxidation sites excluding steroid dienone is 2. The largest absolute Gasteiger partial charge is 0.512 e. The van der Waals surface area contributed by atoms with Crippen molar-refractivity contribution in [3.8, 4) is 0 Å². The zero-order chi connectivity index (χ0) is 17.8. The molecule has 4 atom stereocenters. The van der Waals surface area contributed by atoms with Crippen LogP contribution in [0.25, 0.3) is 0 Å². The second kappa shape index (κ2) is 5.36. The van der Waals surface area contributed by atoms with E-state index in [2.05, 4.69) is 55.4 Å². The summed E-state index contributed by atoms with van der Waals surface area (Å²) in [6, 6.07) is 0. The summed E-state index contributed by atoms with van der Waals surface area (Å²) in [6.07, 6.45) is 5.65. The van der Waals surface area contributed by atoms with Crippen LogP contribution < -0.4 is 0 Å². The molecule has 2 rings (SSSR count). The van der Waals surface area contributed by atoms with Crippen LogP contribution in [0.3, 0.4) is 0 Å². The summed E-state index contributed by atoms with van der Waals surface area (Å²) in [4.78, 5) is 13.1. The molecule has 2 heteroatoms. The maximum atomic E-state index is 13.1. The molecule has 2 nitrogen and oxygen atoms in total. The molecule has 1 N–H and O–H groups in total.